The summed E-state index contributed by atoms with van der Waals surface area (Å²) in [6.45, 7) is 0. The Morgan fingerprint density at radius 2 is 1.67 bits per heavy atom. The van der Waals surface area contributed by atoms with Crippen LogP contribution in [0.3, 0.4) is 0 Å². The van der Waals surface area contributed by atoms with Gasteiger partial charge in [-0.25, -0.2) is 4.21 Å². The summed E-state index contributed by atoms with van der Waals surface area (Å²) in [5.74, 6) is -0.526. The molecule has 150 valence electrons. The van der Waals surface area contributed by atoms with Crippen molar-refractivity contribution < 1.29 is 23.9 Å². The Hall–Kier alpha value is -3.89. The van der Waals surface area contributed by atoms with Crippen molar-refractivity contribution in [2.24, 2.45) is 10.2 Å². The van der Waals surface area contributed by atoms with Crippen LogP contribution in [-0.4, -0.2) is 23.9 Å². The SMILES string of the molecule is O=[N+]([O-])c1ccc2c(N=Nc3ccc4ccccc4c3O)c(O)cc(S(=O)O)c2c1. The van der Waals surface area contributed by atoms with Gasteiger partial charge in [0.1, 0.15) is 17.1 Å². The molecule has 0 spiro atoms. The standard InChI is InChI=1S/C20H13N3O6S/c24-17-10-18(30(28)29)15-9-12(23(26)27)6-7-14(15)19(17)22-21-16-8-5-11-3-1-2-4-13(11)20(16)25/h1-10,24-25H,(H,28,29). The van der Waals surface area contributed by atoms with Crippen LogP contribution in [0.25, 0.3) is 21.5 Å². The van der Waals surface area contributed by atoms with Crippen LogP contribution < -0.4 is 0 Å². The van der Waals surface area contributed by atoms with E-state index in [1.807, 2.05) is 12.1 Å². The van der Waals surface area contributed by atoms with E-state index in [-0.39, 0.29) is 38.5 Å². The van der Waals surface area contributed by atoms with Crippen LogP contribution in [0.5, 0.6) is 11.5 Å². The van der Waals surface area contributed by atoms with E-state index in [2.05, 4.69) is 10.2 Å². The van der Waals surface area contributed by atoms with Gasteiger partial charge in [-0.3, -0.25) is 10.1 Å². The molecule has 0 aromatic heterocycles. The molecule has 9 nitrogen and oxygen atoms in total. The van der Waals surface area contributed by atoms with E-state index in [1.54, 1.807) is 24.3 Å². The molecule has 1 unspecified atom stereocenters. The zero-order valence-electron chi connectivity index (χ0n) is 15.1. The molecule has 4 rings (SSSR count). The van der Waals surface area contributed by atoms with Gasteiger partial charge in [-0.05, 0) is 17.5 Å². The van der Waals surface area contributed by atoms with Gasteiger partial charge < -0.3 is 14.8 Å². The number of rotatable bonds is 4. The van der Waals surface area contributed by atoms with Crippen LogP contribution in [-0.2, 0) is 11.1 Å². The number of aromatic hydroxyl groups is 2. The minimum Gasteiger partial charge on any atom is -0.506 e. The summed E-state index contributed by atoms with van der Waals surface area (Å²) in [6.07, 6.45) is 0. The Balaban J connectivity index is 1.90. The average molecular weight is 423 g/mol. The first kappa shape index (κ1) is 19.4. The minimum absolute atomic E-state index is 0.0540. The maximum atomic E-state index is 11.7. The molecule has 0 aliphatic heterocycles. The highest BCUT2D eigenvalue weighted by Gasteiger charge is 2.18. The van der Waals surface area contributed by atoms with Gasteiger partial charge in [0.05, 0.1) is 9.82 Å². The van der Waals surface area contributed by atoms with Crippen LogP contribution in [0.2, 0.25) is 0 Å². The first-order valence-electron chi connectivity index (χ1n) is 8.54. The molecule has 0 saturated carbocycles. The van der Waals surface area contributed by atoms with E-state index in [9.17, 15) is 29.1 Å². The van der Waals surface area contributed by atoms with Crippen molar-refractivity contribution in [1.82, 2.24) is 0 Å². The van der Waals surface area contributed by atoms with Crippen LogP contribution in [0, 0.1) is 10.1 Å². The molecule has 0 aliphatic rings. The van der Waals surface area contributed by atoms with Crippen LogP contribution >= 0.6 is 0 Å². The largest absolute Gasteiger partial charge is 0.506 e. The highest BCUT2D eigenvalue weighted by molar-refractivity contribution is 7.79. The van der Waals surface area contributed by atoms with Crippen molar-refractivity contribution in [3.63, 3.8) is 0 Å². The lowest BCUT2D eigenvalue weighted by molar-refractivity contribution is -0.384. The minimum atomic E-state index is -2.50. The highest BCUT2D eigenvalue weighted by atomic mass is 32.2. The molecule has 30 heavy (non-hydrogen) atoms. The topological polar surface area (TPSA) is 146 Å². The smallest absolute Gasteiger partial charge is 0.270 e. The number of nitro groups is 1. The van der Waals surface area contributed by atoms with Crippen molar-refractivity contribution >= 4 is 49.7 Å². The van der Waals surface area contributed by atoms with Gasteiger partial charge in [-0.15, -0.1) is 10.2 Å². The van der Waals surface area contributed by atoms with E-state index >= 15 is 0 Å². The van der Waals surface area contributed by atoms with Crippen molar-refractivity contribution in [2.75, 3.05) is 0 Å². The third kappa shape index (κ3) is 3.34. The lowest BCUT2D eigenvalue weighted by Gasteiger charge is -2.08. The fraction of sp³-hybridized carbons (Fsp3) is 0. The average Bonchev–Trinajstić information content (AvgIpc) is 2.73. The van der Waals surface area contributed by atoms with Crippen molar-refractivity contribution in [2.45, 2.75) is 4.90 Å². The summed E-state index contributed by atoms with van der Waals surface area (Å²) >= 11 is -2.50. The number of hydrogen-bond donors (Lipinski definition) is 3. The number of azo groups is 1. The van der Waals surface area contributed by atoms with E-state index in [0.29, 0.717) is 5.39 Å². The molecule has 0 radical (unpaired) electrons. The normalized spacial score (nSPS) is 12.6. The maximum absolute atomic E-state index is 11.7. The quantitative estimate of drug-likeness (QED) is 0.175. The number of benzene rings is 4. The molecular weight excluding hydrogens is 410 g/mol. The van der Waals surface area contributed by atoms with Gasteiger partial charge in [0.2, 0.25) is 0 Å². The fourth-order valence-electron chi connectivity index (χ4n) is 3.14. The highest BCUT2D eigenvalue weighted by Crippen LogP contribution is 2.42. The van der Waals surface area contributed by atoms with Crippen molar-refractivity contribution in [3.05, 3.63) is 70.8 Å². The molecule has 0 bridgehead atoms. The molecule has 0 heterocycles. The summed E-state index contributed by atoms with van der Waals surface area (Å²) < 4.78 is 21.2. The van der Waals surface area contributed by atoms with E-state index in [1.165, 1.54) is 12.1 Å². The van der Waals surface area contributed by atoms with Gasteiger partial charge >= 0.3 is 0 Å². The van der Waals surface area contributed by atoms with Crippen LogP contribution in [0.15, 0.2) is 75.8 Å². The molecule has 0 fully saturated rings. The second kappa shape index (κ2) is 7.50. The Labute approximate surface area is 171 Å². The number of phenols is 2. The Kier molecular flexibility index (Phi) is 4.86. The molecule has 10 heteroatoms. The van der Waals surface area contributed by atoms with Gasteiger partial charge in [0.25, 0.3) is 5.69 Å². The summed E-state index contributed by atoms with van der Waals surface area (Å²) in [4.78, 5) is 10.3. The van der Waals surface area contributed by atoms with Crippen LogP contribution in [0.1, 0.15) is 0 Å². The number of nitro benzene ring substituents is 1. The van der Waals surface area contributed by atoms with Gasteiger partial charge in [-0.1, -0.05) is 30.3 Å². The molecule has 0 amide bonds. The Morgan fingerprint density at radius 3 is 2.40 bits per heavy atom. The van der Waals surface area contributed by atoms with Crippen molar-refractivity contribution in [3.8, 4) is 11.5 Å². The molecule has 1 atom stereocenters. The first-order valence-corrected chi connectivity index (χ1v) is 9.65. The summed E-state index contributed by atoms with van der Waals surface area (Å²) in [6, 6.07) is 15.1. The second-order valence-corrected chi connectivity index (χ2v) is 7.27. The fourth-order valence-corrected chi connectivity index (χ4v) is 3.71. The molecular formula is C20H13N3O6S. The predicted molar refractivity (Wildman–Crippen MR) is 111 cm³/mol. The number of hydrogen-bond acceptors (Lipinski definition) is 7. The number of non-ortho nitro benzene ring substituents is 1. The van der Waals surface area contributed by atoms with E-state index < -0.39 is 21.8 Å². The third-order valence-corrected chi connectivity index (χ3v) is 5.28. The Bertz CT molecular complexity index is 1390. The third-order valence-electron chi connectivity index (χ3n) is 4.57. The lowest BCUT2D eigenvalue weighted by atomic mass is 10.1. The molecule has 0 saturated heterocycles. The maximum Gasteiger partial charge on any atom is 0.270 e. The monoisotopic (exact) mass is 423 g/mol. The zero-order valence-corrected chi connectivity index (χ0v) is 15.9. The van der Waals surface area contributed by atoms with Gasteiger partial charge in [-0.2, -0.15) is 0 Å². The number of nitrogens with zero attached hydrogens (tertiary/aromatic N) is 3. The van der Waals surface area contributed by atoms with Crippen molar-refractivity contribution in [1.29, 1.82) is 0 Å². The molecule has 3 N–H and O–H groups in total. The molecule has 4 aromatic rings. The lowest BCUT2D eigenvalue weighted by Crippen LogP contribution is -1.93. The first-order chi connectivity index (χ1) is 14.4. The van der Waals surface area contributed by atoms with Gasteiger partial charge in [0.15, 0.2) is 16.8 Å². The second-order valence-electron chi connectivity index (χ2n) is 6.33. The molecule has 0 aliphatic carbocycles. The number of fused-ring (bicyclic) bond motifs is 2. The zero-order chi connectivity index (χ0) is 21.4. The summed E-state index contributed by atoms with van der Waals surface area (Å²) in [5, 5.41) is 41.6. The predicted octanol–water partition coefficient (Wildman–Crippen LogP) is 5.31. The van der Waals surface area contributed by atoms with E-state index in [0.717, 1.165) is 17.5 Å². The van der Waals surface area contributed by atoms with E-state index in [4.69, 9.17) is 0 Å². The molecule has 4 aromatic carbocycles. The number of phenolic OH excluding ortho intramolecular Hbond substituents is 2. The van der Waals surface area contributed by atoms with Gasteiger partial charge in [0, 0.05) is 34.4 Å². The summed E-state index contributed by atoms with van der Waals surface area (Å²) in [5.41, 5.74) is -0.186. The Morgan fingerprint density at radius 1 is 0.900 bits per heavy atom. The summed E-state index contributed by atoms with van der Waals surface area (Å²) in [7, 11) is 0. The van der Waals surface area contributed by atoms with Crippen LogP contribution in [0.4, 0.5) is 17.1 Å².